The Hall–Kier alpha value is -1.79. The fraction of sp³-hybridized carbons (Fsp3) is 0.182. The van der Waals surface area contributed by atoms with Crippen molar-refractivity contribution in [1.29, 1.82) is 0 Å². The van der Waals surface area contributed by atoms with Crippen molar-refractivity contribution >= 4 is 29.1 Å². The van der Waals surface area contributed by atoms with E-state index in [0.29, 0.717) is 0 Å². The zero-order chi connectivity index (χ0) is 14.3. The number of rotatable bonds is 1. The summed E-state index contributed by atoms with van der Waals surface area (Å²) in [6.07, 6.45) is 0. The third kappa shape index (κ3) is 2.24. The van der Waals surface area contributed by atoms with Gasteiger partial charge in [0.05, 0.1) is 5.69 Å². The summed E-state index contributed by atoms with van der Waals surface area (Å²) in [6, 6.07) is 4.31. The summed E-state index contributed by atoms with van der Waals surface area (Å²) in [7, 11) is 1.33. The van der Waals surface area contributed by atoms with Crippen molar-refractivity contribution in [1.82, 2.24) is 13.9 Å². The van der Waals surface area contributed by atoms with Gasteiger partial charge in [-0.2, -0.15) is 4.68 Å². The molecule has 0 saturated heterocycles. The van der Waals surface area contributed by atoms with Crippen molar-refractivity contribution in [3.8, 4) is 5.69 Å². The average Bonchev–Trinajstić information content (AvgIpc) is 2.48. The van der Waals surface area contributed by atoms with Crippen LogP contribution in [0.3, 0.4) is 0 Å². The molecular formula is C11H9Cl2N3O3. The van der Waals surface area contributed by atoms with Gasteiger partial charge in [0.2, 0.25) is 5.91 Å². The van der Waals surface area contributed by atoms with Crippen molar-refractivity contribution in [2.45, 2.75) is 6.92 Å². The first-order chi connectivity index (χ1) is 8.82. The van der Waals surface area contributed by atoms with Gasteiger partial charge in [-0.25, -0.2) is 18.8 Å². The minimum atomic E-state index is -0.765. The molecule has 0 aliphatic rings. The van der Waals surface area contributed by atoms with Crippen LogP contribution in [0.15, 0.2) is 27.8 Å². The Kier molecular flexibility index (Phi) is 3.38. The summed E-state index contributed by atoms with van der Waals surface area (Å²) in [4.78, 5) is 35.4. The standard InChI is InChI=1S/C11H9Cl2N3O3/c1-6(17)16-11(19)15(10(18)14(16)2)9-4-7(12)3-8(13)5-9/h3-5H,1-2H3. The summed E-state index contributed by atoms with van der Waals surface area (Å²) in [5, 5.41) is 0.569. The quantitative estimate of drug-likeness (QED) is 0.797. The van der Waals surface area contributed by atoms with E-state index in [1.807, 2.05) is 0 Å². The van der Waals surface area contributed by atoms with Crippen LogP contribution in [0.5, 0.6) is 0 Å². The molecule has 2 rings (SSSR count). The Balaban J connectivity index is 2.84. The van der Waals surface area contributed by atoms with E-state index in [2.05, 4.69) is 0 Å². The molecule has 0 aliphatic heterocycles. The Morgan fingerprint density at radius 1 is 1.05 bits per heavy atom. The maximum atomic E-state index is 12.1. The second kappa shape index (κ2) is 4.71. The van der Waals surface area contributed by atoms with Gasteiger partial charge in [-0.05, 0) is 18.2 Å². The lowest BCUT2D eigenvalue weighted by Gasteiger charge is -2.01. The molecule has 0 atom stereocenters. The molecule has 0 aliphatic carbocycles. The third-order valence-electron chi connectivity index (χ3n) is 2.54. The van der Waals surface area contributed by atoms with Crippen LogP contribution in [-0.2, 0) is 7.05 Å². The molecule has 0 saturated carbocycles. The van der Waals surface area contributed by atoms with Gasteiger partial charge in [0.25, 0.3) is 0 Å². The molecule has 1 aromatic carbocycles. The Morgan fingerprint density at radius 2 is 1.58 bits per heavy atom. The summed E-state index contributed by atoms with van der Waals surface area (Å²) < 4.78 is 2.50. The minimum Gasteiger partial charge on any atom is -0.273 e. The zero-order valence-corrected chi connectivity index (χ0v) is 11.6. The molecule has 100 valence electrons. The molecule has 2 aromatic rings. The molecule has 0 unspecified atom stereocenters. The molecule has 0 spiro atoms. The smallest absolute Gasteiger partial charge is 0.273 e. The summed E-state index contributed by atoms with van der Waals surface area (Å²) in [5.41, 5.74) is -1.21. The lowest BCUT2D eigenvalue weighted by atomic mass is 10.3. The largest absolute Gasteiger partial charge is 0.359 e. The first-order valence-corrected chi connectivity index (χ1v) is 5.97. The van der Waals surface area contributed by atoms with Crippen LogP contribution >= 0.6 is 23.2 Å². The van der Waals surface area contributed by atoms with Crippen molar-refractivity contribution < 1.29 is 4.79 Å². The van der Waals surface area contributed by atoms with E-state index in [4.69, 9.17) is 23.2 Å². The molecule has 1 aromatic heterocycles. The maximum Gasteiger partial charge on any atom is 0.359 e. The van der Waals surface area contributed by atoms with Crippen LogP contribution in [-0.4, -0.2) is 19.8 Å². The minimum absolute atomic E-state index is 0.211. The van der Waals surface area contributed by atoms with E-state index in [1.54, 1.807) is 0 Å². The van der Waals surface area contributed by atoms with Gasteiger partial charge < -0.3 is 0 Å². The number of halogens is 2. The van der Waals surface area contributed by atoms with E-state index in [0.717, 1.165) is 13.9 Å². The predicted molar refractivity (Wildman–Crippen MR) is 71.6 cm³/mol. The summed E-state index contributed by atoms with van der Waals surface area (Å²) in [6.45, 7) is 1.19. The number of benzene rings is 1. The van der Waals surface area contributed by atoms with Gasteiger partial charge in [0, 0.05) is 24.0 Å². The molecule has 0 bridgehead atoms. The highest BCUT2D eigenvalue weighted by molar-refractivity contribution is 6.34. The molecule has 0 N–H and O–H groups in total. The normalized spacial score (nSPS) is 10.7. The molecule has 1 heterocycles. The van der Waals surface area contributed by atoms with Crippen molar-refractivity contribution in [2.24, 2.45) is 7.05 Å². The first kappa shape index (κ1) is 13.6. The maximum absolute atomic E-state index is 12.1. The van der Waals surface area contributed by atoms with Crippen LogP contribution < -0.4 is 11.4 Å². The summed E-state index contributed by atoms with van der Waals surface area (Å²) in [5.74, 6) is -0.559. The highest BCUT2D eigenvalue weighted by Crippen LogP contribution is 2.20. The van der Waals surface area contributed by atoms with Gasteiger partial charge in [-0.1, -0.05) is 23.2 Å². The number of aromatic nitrogens is 3. The van der Waals surface area contributed by atoms with E-state index >= 15 is 0 Å². The van der Waals surface area contributed by atoms with E-state index in [1.165, 1.54) is 32.2 Å². The fourth-order valence-electron chi connectivity index (χ4n) is 1.77. The SMILES string of the molecule is CC(=O)n1c(=O)n(-c2cc(Cl)cc(Cl)c2)c(=O)n1C. The van der Waals surface area contributed by atoms with Gasteiger partial charge in [-0.15, -0.1) is 0 Å². The topological polar surface area (TPSA) is 66.0 Å². The van der Waals surface area contributed by atoms with Gasteiger partial charge >= 0.3 is 11.4 Å². The van der Waals surface area contributed by atoms with Crippen LogP contribution in [0.4, 0.5) is 0 Å². The van der Waals surface area contributed by atoms with E-state index < -0.39 is 17.3 Å². The molecule has 8 heteroatoms. The second-order valence-electron chi connectivity index (χ2n) is 3.88. The molecule has 19 heavy (non-hydrogen) atoms. The Labute approximate surface area is 117 Å². The highest BCUT2D eigenvalue weighted by Gasteiger charge is 2.17. The summed E-state index contributed by atoms with van der Waals surface area (Å²) >= 11 is 11.7. The molecule has 0 fully saturated rings. The van der Waals surface area contributed by atoms with Crippen molar-refractivity contribution in [3.05, 3.63) is 49.2 Å². The van der Waals surface area contributed by atoms with Gasteiger partial charge in [-0.3, -0.25) is 4.79 Å². The number of carbonyl (C=O) groups excluding carboxylic acids is 1. The number of nitrogens with zero attached hydrogens (tertiary/aromatic N) is 3. The lowest BCUT2D eigenvalue weighted by Crippen LogP contribution is -2.30. The zero-order valence-electron chi connectivity index (χ0n) is 10.1. The van der Waals surface area contributed by atoms with Crippen molar-refractivity contribution in [2.75, 3.05) is 0 Å². The van der Waals surface area contributed by atoms with E-state index in [9.17, 15) is 14.4 Å². The number of hydrogen-bond donors (Lipinski definition) is 0. The van der Waals surface area contributed by atoms with Crippen LogP contribution in [0.25, 0.3) is 5.69 Å². The highest BCUT2D eigenvalue weighted by atomic mass is 35.5. The molecule has 0 amide bonds. The second-order valence-corrected chi connectivity index (χ2v) is 4.76. The molecule has 0 radical (unpaired) electrons. The Bertz CT molecular complexity index is 765. The fourth-order valence-corrected chi connectivity index (χ4v) is 2.28. The third-order valence-corrected chi connectivity index (χ3v) is 2.98. The van der Waals surface area contributed by atoms with Crippen LogP contribution in [0.1, 0.15) is 11.7 Å². The number of hydrogen-bond acceptors (Lipinski definition) is 3. The average molecular weight is 302 g/mol. The monoisotopic (exact) mass is 301 g/mol. The van der Waals surface area contributed by atoms with Crippen LogP contribution in [0, 0.1) is 0 Å². The Morgan fingerprint density at radius 3 is 2.00 bits per heavy atom. The number of carbonyl (C=O) groups is 1. The van der Waals surface area contributed by atoms with E-state index in [-0.39, 0.29) is 15.7 Å². The molecular weight excluding hydrogens is 293 g/mol. The first-order valence-electron chi connectivity index (χ1n) is 5.21. The van der Waals surface area contributed by atoms with Gasteiger partial charge in [0.1, 0.15) is 0 Å². The van der Waals surface area contributed by atoms with Gasteiger partial charge in [0.15, 0.2) is 0 Å². The van der Waals surface area contributed by atoms with Crippen molar-refractivity contribution in [3.63, 3.8) is 0 Å². The van der Waals surface area contributed by atoms with Crippen LogP contribution in [0.2, 0.25) is 10.0 Å². The predicted octanol–water partition coefficient (Wildman–Crippen LogP) is 1.30. The lowest BCUT2D eigenvalue weighted by molar-refractivity contribution is 0.0901. The molecule has 6 nitrogen and oxygen atoms in total.